The van der Waals surface area contributed by atoms with Crippen molar-refractivity contribution in [1.82, 2.24) is 5.32 Å². The summed E-state index contributed by atoms with van der Waals surface area (Å²) in [5.41, 5.74) is 0. The Morgan fingerprint density at radius 1 is 1.57 bits per heavy atom. The zero-order valence-electron chi connectivity index (χ0n) is 12.3. The number of rotatable bonds is 6. The topological polar surface area (TPSA) is 50.7 Å². The zero-order valence-corrected chi connectivity index (χ0v) is 13.1. The van der Waals surface area contributed by atoms with Crippen LogP contribution in [0.2, 0.25) is 0 Å². The highest BCUT2D eigenvalue weighted by molar-refractivity contribution is 7.11. The molecular weight excluding hydrogens is 284 g/mol. The van der Waals surface area contributed by atoms with Crippen LogP contribution in [0.5, 0.6) is 0 Å². The molecule has 1 amide bonds. The quantitative estimate of drug-likeness (QED) is 0.649. The fourth-order valence-electron chi connectivity index (χ4n) is 3.86. The summed E-state index contributed by atoms with van der Waals surface area (Å²) in [5.74, 6) is 2.31. The summed E-state index contributed by atoms with van der Waals surface area (Å²) >= 11 is 1.59. The van der Waals surface area contributed by atoms with Crippen LogP contribution in [0.3, 0.4) is 0 Å². The van der Waals surface area contributed by atoms with Gasteiger partial charge in [0.25, 0.3) is 5.91 Å². The number of carbonyl (C=O) groups is 1. The largest absolute Gasteiger partial charge is 0.386 e. The molecule has 0 aromatic carbocycles. The molecule has 2 fully saturated rings. The van der Waals surface area contributed by atoms with E-state index < -0.39 is 0 Å². The van der Waals surface area contributed by atoms with E-state index in [0.717, 1.165) is 16.7 Å². The number of thiophene rings is 1. The van der Waals surface area contributed by atoms with Crippen LogP contribution in [0.4, 0.5) is 0 Å². The summed E-state index contributed by atoms with van der Waals surface area (Å²) in [4.78, 5) is 17.9. The second kappa shape index (κ2) is 6.60. The van der Waals surface area contributed by atoms with Crippen molar-refractivity contribution in [2.24, 2.45) is 22.9 Å². The zero-order chi connectivity index (χ0) is 14.7. The van der Waals surface area contributed by atoms with Gasteiger partial charge in [-0.15, -0.1) is 11.3 Å². The maximum Gasteiger partial charge on any atom is 0.260 e. The van der Waals surface area contributed by atoms with Gasteiger partial charge in [0.15, 0.2) is 6.61 Å². The minimum atomic E-state index is -0.0754. The van der Waals surface area contributed by atoms with Gasteiger partial charge < -0.3 is 10.2 Å². The van der Waals surface area contributed by atoms with E-state index in [-0.39, 0.29) is 18.6 Å². The van der Waals surface area contributed by atoms with E-state index in [0.29, 0.717) is 5.92 Å². The molecule has 2 aliphatic rings. The monoisotopic (exact) mass is 306 g/mol. The molecule has 4 nitrogen and oxygen atoms in total. The lowest BCUT2D eigenvalue weighted by atomic mass is 9.84. The van der Waals surface area contributed by atoms with Gasteiger partial charge in [-0.1, -0.05) is 17.6 Å². The molecule has 21 heavy (non-hydrogen) atoms. The van der Waals surface area contributed by atoms with Gasteiger partial charge in [-0.05, 0) is 55.4 Å². The van der Waals surface area contributed by atoms with Crippen LogP contribution in [0.1, 0.15) is 37.5 Å². The number of oxime groups is 1. The Hall–Kier alpha value is -1.36. The normalized spacial score (nSPS) is 28.9. The predicted octanol–water partition coefficient (Wildman–Crippen LogP) is 3.04. The van der Waals surface area contributed by atoms with Crippen molar-refractivity contribution in [3.8, 4) is 0 Å². The Labute approximate surface area is 129 Å². The van der Waals surface area contributed by atoms with Crippen molar-refractivity contribution in [3.63, 3.8) is 0 Å². The molecule has 2 bridgehead atoms. The smallest absolute Gasteiger partial charge is 0.260 e. The first kappa shape index (κ1) is 14.6. The molecule has 2 aliphatic carbocycles. The number of nitrogens with one attached hydrogen (secondary N) is 1. The van der Waals surface area contributed by atoms with Crippen LogP contribution >= 0.6 is 11.3 Å². The summed E-state index contributed by atoms with van der Waals surface area (Å²) in [6, 6.07) is 4.16. The van der Waals surface area contributed by atoms with Gasteiger partial charge in [0.2, 0.25) is 0 Å². The molecule has 2 saturated carbocycles. The van der Waals surface area contributed by atoms with E-state index >= 15 is 0 Å². The van der Waals surface area contributed by atoms with Gasteiger partial charge in [-0.25, -0.2) is 0 Å². The van der Waals surface area contributed by atoms with Gasteiger partial charge in [-0.3, -0.25) is 4.79 Å². The van der Waals surface area contributed by atoms with Crippen molar-refractivity contribution in [2.45, 2.75) is 38.6 Å². The van der Waals surface area contributed by atoms with E-state index in [1.54, 1.807) is 17.6 Å². The molecule has 114 valence electrons. The summed E-state index contributed by atoms with van der Waals surface area (Å²) in [5, 5.41) is 8.86. The molecular formula is C16H22N2O2S. The van der Waals surface area contributed by atoms with Crippen molar-refractivity contribution in [3.05, 3.63) is 22.4 Å². The number of nitrogens with zero attached hydrogens (tertiary/aromatic N) is 1. The van der Waals surface area contributed by atoms with Gasteiger partial charge in [0, 0.05) is 10.9 Å². The minimum Gasteiger partial charge on any atom is -0.386 e. The number of hydrogen-bond acceptors (Lipinski definition) is 4. The lowest BCUT2D eigenvalue weighted by molar-refractivity contribution is -0.126. The summed E-state index contributed by atoms with van der Waals surface area (Å²) in [6.07, 6.45) is 7.02. The van der Waals surface area contributed by atoms with Crippen molar-refractivity contribution < 1.29 is 9.63 Å². The number of fused-ring (bicyclic) bond motifs is 2. The number of carbonyl (C=O) groups excluding carboxylic acids is 1. The Morgan fingerprint density at radius 2 is 2.48 bits per heavy atom. The van der Waals surface area contributed by atoms with Crippen LogP contribution in [-0.4, -0.2) is 24.8 Å². The lowest BCUT2D eigenvalue weighted by Gasteiger charge is -2.28. The fourth-order valence-corrected chi connectivity index (χ4v) is 4.43. The molecule has 4 unspecified atom stereocenters. The van der Waals surface area contributed by atoms with Crippen LogP contribution in [0, 0.1) is 17.8 Å². The summed E-state index contributed by atoms with van der Waals surface area (Å²) in [7, 11) is 0. The summed E-state index contributed by atoms with van der Waals surface area (Å²) < 4.78 is 0. The minimum absolute atomic E-state index is 0.00691. The molecule has 1 heterocycles. The molecule has 0 saturated heterocycles. The second-order valence-corrected chi connectivity index (χ2v) is 7.20. The van der Waals surface area contributed by atoms with Crippen LogP contribution in [0.25, 0.3) is 0 Å². The van der Waals surface area contributed by atoms with E-state index in [1.807, 2.05) is 17.5 Å². The molecule has 0 aliphatic heterocycles. The Balaban J connectivity index is 1.38. The van der Waals surface area contributed by atoms with Crippen molar-refractivity contribution >= 4 is 23.5 Å². The molecule has 1 N–H and O–H groups in total. The van der Waals surface area contributed by atoms with Crippen LogP contribution in [0.15, 0.2) is 22.7 Å². The van der Waals surface area contributed by atoms with E-state index in [9.17, 15) is 4.79 Å². The molecule has 0 radical (unpaired) electrons. The SMILES string of the molecule is CC(NC(=O)CON=Cc1cccs1)C1CC2CCC1C2. The average Bonchev–Trinajstić information content (AvgIpc) is 3.20. The van der Waals surface area contributed by atoms with Crippen LogP contribution < -0.4 is 5.32 Å². The highest BCUT2D eigenvalue weighted by Crippen LogP contribution is 2.49. The van der Waals surface area contributed by atoms with E-state index in [4.69, 9.17) is 4.84 Å². The second-order valence-electron chi connectivity index (χ2n) is 6.22. The average molecular weight is 306 g/mol. The third kappa shape index (κ3) is 3.64. The molecule has 4 atom stereocenters. The first-order chi connectivity index (χ1) is 10.2. The standard InChI is InChI=1S/C16H22N2O2S/c1-11(15-8-12-4-5-13(15)7-12)18-16(19)10-20-17-9-14-3-2-6-21-14/h2-3,6,9,11-13,15H,4-5,7-8,10H2,1H3,(H,18,19). The molecule has 1 aromatic heterocycles. The third-order valence-electron chi connectivity index (χ3n) is 4.82. The molecule has 0 spiro atoms. The lowest BCUT2D eigenvalue weighted by Crippen LogP contribution is -2.41. The van der Waals surface area contributed by atoms with E-state index in [2.05, 4.69) is 17.4 Å². The van der Waals surface area contributed by atoms with Crippen molar-refractivity contribution in [1.29, 1.82) is 0 Å². The molecule has 3 rings (SSSR count). The number of amides is 1. The molecule has 1 aromatic rings. The van der Waals surface area contributed by atoms with E-state index in [1.165, 1.54) is 25.7 Å². The fraction of sp³-hybridized carbons (Fsp3) is 0.625. The Kier molecular flexibility index (Phi) is 4.58. The Morgan fingerprint density at radius 3 is 3.14 bits per heavy atom. The van der Waals surface area contributed by atoms with Crippen molar-refractivity contribution in [2.75, 3.05) is 6.61 Å². The first-order valence-electron chi connectivity index (χ1n) is 7.70. The predicted molar refractivity (Wildman–Crippen MR) is 84.4 cm³/mol. The number of hydrogen-bond donors (Lipinski definition) is 1. The maximum atomic E-state index is 11.9. The third-order valence-corrected chi connectivity index (χ3v) is 5.62. The van der Waals surface area contributed by atoms with Gasteiger partial charge in [-0.2, -0.15) is 0 Å². The molecule has 5 heteroatoms. The maximum absolute atomic E-state index is 11.9. The summed E-state index contributed by atoms with van der Waals surface area (Å²) in [6.45, 7) is 2.12. The van der Waals surface area contributed by atoms with Gasteiger partial charge >= 0.3 is 0 Å². The van der Waals surface area contributed by atoms with Crippen LogP contribution in [-0.2, 0) is 9.63 Å². The Bertz CT molecular complexity index is 500. The van der Waals surface area contributed by atoms with Gasteiger partial charge in [0.05, 0.1) is 6.21 Å². The van der Waals surface area contributed by atoms with Gasteiger partial charge in [0.1, 0.15) is 0 Å². The highest BCUT2D eigenvalue weighted by atomic mass is 32.1. The highest BCUT2D eigenvalue weighted by Gasteiger charge is 2.42. The first-order valence-corrected chi connectivity index (χ1v) is 8.58.